The number of carbonyl (C=O) groups is 3. The van der Waals surface area contributed by atoms with E-state index in [9.17, 15) is 18.8 Å². The first-order valence-electron chi connectivity index (χ1n) is 13.6. The lowest BCUT2D eigenvalue weighted by Crippen LogP contribution is -2.41. The molecule has 0 radical (unpaired) electrons. The van der Waals surface area contributed by atoms with E-state index >= 15 is 0 Å². The number of hydrogen-bond acceptors (Lipinski definition) is 5. The number of hydrogen-bond donors (Lipinski definition) is 3. The number of morpholine rings is 1. The van der Waals surface area contributed by atoms with E-state index in [1.165, 1.54) is 12.1 Å². The van der Waals surface area contributed by atoms with Gasteiger partial charge in [0.2, 0.25) is 0 Å². The molecular formula is C30H34FN7O4. The molecule has 0 aliphatic carbocycles. The van der Waals surface area contributed by atoms with Crippen molar-refractivity contribution in [3.8, 4) is 11.1 Å². The summed E-state index contributed by atoms with van der Waals surface area (Å²) in [6, 6.07) is 11.0. The Balaban J connectivity index is 1.19. The summed E-state index contributed by atoms with van der Waals surface area (Å²) in [4.78, 5) is 41.1. The quantitative estimate of drug-likeness (QED) is 0.284. The second-order valence-electron chi connectivity index (χ2n) is 10.3. The average molecular weight is 576 g/mol. The van der Waals surface area contributed by atoms with E-state index in [-0.39, 0.29) is 23.5 Å². The van der Waals surface area contributed by atoms with Gasteiger partial charge in [-0.1, -0.05) is 12.1 Å². The van der Waals surface area contributed by atoms with Gasteiger partial charge in [-0.25, -0.2) is 4.39 Å². The zero-order valence-electron chi connectivity index (χ0n) is 23.8. The molecule has 3 N–H and O–H groups in total. The van der Waals surface area contributed by atoms with Crippen molar-refractivity contribution >= 4 is 29.1 Å². The van der Waals surface area contributed by atoms with Crippen LogP contribution in [0.4, 0.5) is 15.8 Å². The van der Waals surface area contributed by atoms with Gasteiger partial charge in [-0.05, 0) is 35.9 Å². The second kappa shape index (κ2) is 12.5. The van der Waals surface area contributed by atoms with Crippen LogP contribution in [-0.4, -0.2) is 75.7 Å². The van der Waals surface area contributed by atoms with E-state index in [4.69, 9.17) is 4.74 Å². The summed E-state index contributed by atoms with van der Waals surface area (Å²) in [5, 5.41) is 8.60. The smallest absolute Gasteiger partial charge is 0.272 e. The van der Waals surface area contributed by atoms with Crippen LogP contribution in [0.3, 0.4) is 0 Å². The molecule has 12 heteroatoms. The fraction of sp³-hybridized carbons (Fsp3) is 0.300. The number of nitrogens with one attached hydrogen (secondary N) is 3. The summed E-state index contributed by atoms with van der Waals surface area (Å²) in [6.45, 7) is 4.37. The minimum atomic E-state index is -0.389. The zero-order valence-corrected chi connectivity index (χ0v) is 23.8. The molecule has 0 atom stereocenters. The van der Waals surface area contributed by atoms with Gasteiger partial charge >= 0.3 is 0 Å². The summed E-state index contributed by atoms with van der Waals surface area (Å²) >= 11 is 0. The predicted molar refractivity (Wildman–Crippen MR) is 157 cm³/mol. The second-order valence-corrected chi connectivity index (χ2v) is 10.3. The maximum absolute atomic E-state index is 13.3. The minimum Gasteiger partial charge on any atom is -0.379 e. The highest BCUT2D eigenvalue weighted by molar-refractivity contribution is 6.07. The Morgan fingerprint density at radius 3 is 1.86 bits per heavy atom. The molecule has 0 bridgehead atoms. The van der Waals surface area contributed by atoms with Crippen molar-refractivity contribution in [2.45, 2.75) is 0 Å². The normalized spacial score (nSPS) is 13.6. The van der Waals surface area contributed by atoms with Crippen LogP contribution in [0.2, 0.25) is 0 Å². The van der Waals surface area contributed by atoms with E-state index in [2.05, 4.69) is 20.9 Å². The highest BCUT2D eigenvalue weighted by Gasteiger charge is 2.19. The van der Waals surface area contributed by atoms with Gasteiger partial charge in [0.05, 0.1) is 24.6 Å². The Bertz CT molecular complexity index is 1600. The van der Waals surface area contributed by atoms with Crippen LogP contribution in [0, 0.1) is 5.82 Å². The van der Waals surface area contributed by atoms with Gasteiger partial charge < -0.3 is 34.4 Å². The molecule has 4 aromatic rings. The summed E-state index contributed by atoms with van der Waals surface area (Å²) in [7, 11) is 5.20. The van der Waals surface area contributed by atoms with Gasteiger partial charge in [0.25, 0.3) is 17.7 Å². The molecule has 1 saturated heterocycles. The first-order chi connectivity index (χ1) is 20.2. The van der Waals surface area contributed by atoms with Crippen LogP contribution in [0.25, 0.3) is 11.1 Å². The number of aromatic nitrogens is 3. The standard InChI is InChI=1S/C30H34FN7O4/c1-35-17-21(20-4-6-22(31)7-5-20)14-25(35)29(40)33-24-16-27(37(3)19-24)30(41)34-23-15-26(36(2)18-23)28(39)32-8-9-38-10-12-42-13-11-38/h4-7,14-19H,8-13H2,1-3H3,(H,32,39)(H,33,40)(H,34,41). The topological polar surface area (TPSA) is 115 Å². The van der Waals surface area contributed by atoms with Crippen molar-refractivity contribution < 1.29 is 23.5 Å². The molecule has 42 heavy (non-hydrogen) atoms. The van der Waals surface area contributed by atoms with E-state index in [0.29, 0.717) is 48.2 Å². The lowest BCUT2D eigenvalue weighted by molar-refractivity contribution is 0.0383. The van der Waals surface area contributed by atoms with E-state index in [1.807, 2.05) is 0 Å². The average Bonchev–Trinajstić information content (AvgIpc) is 3.65. The molecule has 3 aromatic heterocycles. The summed E-state index contributed by atoms with van der Waals surface area (Å²) in [5.41, 5.74) is 3.65. The molecule has 1 fully saturated rings. The first kappa shape index (κ1) is 28.8. The maximum atomic E-state index is 13.3. The van der Waals surface area contributed by atoms with Gasteiger partial charge in [0.1, 0.15) is 22.9 Å². The lowest BCUT2D eigenvalue weighted by atomic mass is 10.1. The number of benzene rings is 1. The van der Waals surface area contributed by atoms with E-state index in [0.717, 1.165) is 30.8 Å². The summed E-state index contributed by atoms with van der Waals surface area (Å²) in [5.74, 6) is -1.29. The number of amides is 3. The van der Waals surface area contributed by atoms with Crippen LogP contribution in [-0.2, 0) is 25.9 Å². The molecule has 0 unspecified atom stereocenters. The number of ether oxygens (including phenoxy) is 1. The molecule has 1 aliphatic rings. The number of aryl methyl sites for hydroxylation is 3. The Morgan fingerprint density at radius 2 is 1.26 bits per heavy atom. The Hall–Kier alpha value is -4.68. The van der Waals surface area contributed by atoms with Crippen molar-refractivity contribution in [3.05, 3.63) is 84.0 Å². The molecule has 1 aromatic carbocycles. The molecule has 0 saturated carbocycles. The largest absolute Gasteiger partial charge is 0.379 e. The molecule has 1 aliphatic heterocycles. The van der Waals surface area contributed by atoms with Crippen LogP contribution in [0.5, 0.6) is 0 Å². The third-order valence-electron chi connectivity index (χ3n) is 7.22. The minimum absolute atomic E-state index is 0.224. The van der Waals surface area contributed by atoms with E-state index in [1.54, 1.807) is 83.8 Å². The Morgan fingerprint density at radius 1 is 0.738 bits per heavy atom. The lowest BCUT2D eigenvalue weighted by Gasteiger charge is -2.26. The van der Waals surface area contributed by atoms with Crippen LogP contribution >= 0.6 is 0 Å². The predicted octanol–water partition coefficient (Wildman–Crippen LogP) is 3.07. The van der Waals surface area contributed by atoms with Crippen molar-refractivity contribution in [1.82, 2.24) is 23.9 Å². The van der Waals surface area contributed by atoms with Gasteiger partial charge in [-0.3, -0.25) is 19.3 Å². The van der Waals surface area contributed by atoms with E-state index < -0.39 is 0 Å². The number of anilines is 2. The third kappa shape index (κ3) is 6.61. The molecule has 4 heterocycles. The molecule has 220 valence electrons. The van der Waals surface area contributed by atoms with Crippen LogP contribution < -0.4 is 16.0 Å². The third-order valence-corrected chi connectivity index (χ3v) is 7.22. The number of carbonyl (C=O) groups excluding carboxylic acids is 3. The number of halogens is 1. The van der Waals surface area contributed by atoms with Gasteiger partial charge in [0, 0.05) is 71.5 Å². The molecule has 11 nitrogen and oxygen atoms in total. The Kier molecular flexibility index (Phi) is 8.55. The molecular weight excluding hydrogens is 541 g/mol. The summed E-state index contributed by atoms with van der Waals surface area (Å²) < 4.78 is 23.6. The first-order valence-corrected chi connectivity index (χ1v) is 13.6. The monoisotopic (exact) mass is 575 g/mol. The number of rotatable bonds is 9. The van der Waals surface area contributed by atoms with Crippen LogP contribution in [0.15, 0.2) is 61.1 Å². The number of nitrogens with zero attached hydrogens (tertiary/aromatic N) is 4. The van der Waals surface area contributed by atoms with Crippen molar-refractivity contribution in [1.29, 1.82) is 0 Å². The van der Waals surface area contributed by atoms with Gasteiger partial charge in [-0.15, -0.1) is 0 Å². The highest BCUT2D eigenvalue weighted by atomic mass is 19.1. The van der Waals surface area contributed by atoms with Crippen molar-refractivity contribution in [2.24, 2.45) is 21.1 Å². The van der Waals surface area contributed by atoms with Gasteiger partial charge in [-0.2, -0.15) is 0 Å². The fourth-order valence-electron chi connectivity index (χ4n) is 4.94. The highest BCUT2D eigenvalue weighted by Crippen LogP contribution is 2.23. The van der Waals surface area contributed by atoms with Crippen molar-refractivity contribution in [3.63, 3.8) is 0 Å². The molecule has 0 spiro atoms. The fourth-order valence-corrected chi connectivity index (χ4v) is 4.94. The van der Waals surface area contributed by atoms with Crippen LogP contribution in [0.1, 0.15) is 31.5 Å². The van der Waals surface area contributed by atoms with Gasteiger partial charge in [0.15, 0.2) is 0 Å². The van der Waals surface area contributed by atoms with Crippen molar-refractivity contribution in [2.75, 3.05) is 50.0 Å². The zero-order chi connectivity index (χ0) is 29.8. The Labute approximate surface area is 242 Å². The summed E-state index contributed by atoms with van der Waals surface area (Å²) in [6.07, 6.45) is 5.12. The molecule has 5 rings (SSSR count). The maximum Gasteiger partial charge on any atom is 0.272 e. The SMILES string of the molecule is Cn1cc(NC(=O)c2cc(NC(=O)c3cc(-c4ccc(F)cc4)cn3C)cn2C)cc1C(=O)NCCN1CCOCC1. The molecule has 3 amide bonds.